The van der Waals surface area contributed by atoms with Gasteiger partial charge in [-0.1, -0.05) is 29.8 Å². The summed E-state index contributed by atoms with van der Waals surface area (Å²) in [5.41, 5.74) is 3.04. The fraction of sp³-hybridized carbons (Fsp3) is 0.0800. The Kier molecular flexibility index (Phi) is 8.32. The van der Waals surface area contributed by atoms with Crippen molar-refractivity contribution in [2.75, 3.05) is 0 Å². The average molecular weight is 493 g/mol. The van der Waals surface area contributed by atoms with Crippen LogP contribution in [0.4, 0.5) is 8.78 Å². The van der Waals surface area contributed by atoms with E-state index < -0.39 is 17.6 Å². The SMILES string of the molecule is Cc1cc(C(=O)[O-])ccc1-c1sccc1-c1cc(Cl)ccc1OCc1c(F)cccc1F.[Na+]. The summed E-state index contributed by atoms with van der Waals surface area (Å²) in [4.78, 5) is 12.1. The molecule has 0 unspecified atom stereocenters. The number of halogens is 3. The number of benzene rings is 3. The molecule has 0 aliphatic rings. The predicted molar refractivity (Wildman–Crippen MR) is 120 cm³/mol. The summed E-state index contributed by atoms with van der Waals surface area (Å²) in [6.07, 6.45) is 0. The fourth-order valence-electron chi connectivity index (χ4n) is 3.43. The molecule has 0 radical (unpaired) electrons. The number of hydrogen-bond acceptors (Lipinski definition) is 4. The standard InChI is InChI=1S/C25H17ClF2O3S.Na/c1-14-11-15(25(29)30)5-7-17(14)24-18(9-10-32-24)19-12-16(26)6-8-23(19)31-13-20-21(27)3-2-4-22(20)28;/h2-12H,13H2,1H3,(H,29,30);/q;+1/p-1. The van der Waals surface area contributed by atoms with E-state index >= 15 is 0 Å². The summed E-state index contributed by atoms with van der Waals surface area (Å²) < 4.78 is 33.9. The van der Waals surface area contributed by atoms with E-state index in [-0.39, 0.29) is 47.3 Å². The predicted octanol–water partition coefficient (Wildman–Crippen LogP) is 3.27. The molecule has 162 valence electrons. The van der Waals surface area contributed by atoms with Crippen molar-refractivity contribution in [2.45, 2.75) is 13.5 Å². The normalized spacial score (nSPS) is 10.5. The van der Waals surface area contributed by atoms with Crippen LogP contribution in [0.25, 0.3) is 21.6 Å². The van der Waals surface area contributed by atoms with Gasteiger partial charge in [-0.05, 0) is 71.5 Å². The smallest absolute Gasteiger partial charge is 0.545 e. The zero-order chi connectivity index (χ0) is 22.8. The molecule has 1 aromatic heterocycles. The van der Waals surface area contributed by atoms with Gasteiger partial charge in [-0.2, -0.15) is 0 Å². The van der Waals surface area contributed by atoms with Gasteiger partial charge >= 0.3 is 29.6 Å². The van der Waals surface area contributed by atoms with E-state index in [1.54, 1.807) is 30.3 Å². The number of carbonyl (C=O) groups excluding carboxylic acids is 1. The summed E-state index contributed by atoms with van der Waals surface area (Å²) in [5, 5.41) is 13.5. The Bertz CT molecular complexity index is 1300. The molecule has 0 atom stereocenters. The molecule has 4 aromatic rings. The van der Waals surface area contributed by atoms with Crippen molar-refractivity contribution < 1.29 is 53.0 Å². The van der Waals surface area contributed by atoms with Gasteiger partial charge in [0.15, 0.2) is 0 Å². The zero-order valence-electron chi connectivity index (χ0n) is 17.8. The van der Waals surface area contributed by atoms with E-state index in [9.17, 15) is 18.7 Å². The topological polar surface area (TPSA) is 49.4 Å². The Morgan fingerprint density at radius 1 is 1.00 bits per heavy atom. The van der Waals surface area contributed by atoms with Gasteiger partial charge in [0, 0.05) is 21.0 Å². The maximum absolute atomic E-state index is 14.0. The van der Waals surface area contributed by atoms with E-state index in [4.69, 9.17) is 16.3 Å². The van der Waals surface area contributed by atoms with Gasteiger partial charge < -0.3 is 14.6 Å². The summed E-state index contributed by atoms with van der Waals surface area (Å²) in [5.74, 6) is -2.18. The first-order valence-electron chi connectivity index (χ1n) is 9.60. The van der Waals surface area contributed by atoms with Crippen LogP contribution in [0.3, 0.4) is 0 Å². The quantitative estimate of drug-likeness (QED) is 0.388. The van der Waals surface area contributed by atoms with Gasteiger partial charge in [-0.15, -0.1) is 11.3 Å². The van der Waals surface area contributed by atoms with Gasteiger partial charge in [0.25, 0.3) is 0 Å². The molecule has 0 amide bonds. The van der Waals surface area contributed by atoms with E-state index in [0.29, 0.717) is 16.3 Å². The van der Waals surface area contributed by atoms with Gasteiger partial charge in [0.05, 0.1) is 11.5 Å². The van der Waals surface area contributed by atoms with Gasteiger partial charge in [-0.25, -0.2) is 8.78 Å². The molecule has 4 rings (SSSR count). The molecule has 0 saturated carbocycles. The summed E-state index contributed by atoms with van der Waals surface area (Å²) in [7, 11) is 0. The summed E-state index contributed by atoms with van der Waals surface area (Å²) in [6.45, 7) is 1.54. The molecular formula is C25H16ClF2NaO3S. The number of rotatable bonds is 6. The molecule has 0 spiro atoms. The zero-order valence-corrected chi connectivity index (χ0v) is 21.4. The third-order valence-corrected chi connectivity index (χ3v) is 6.22. The molecule has 1 heterocycles. The minimum absolute atomic E-state index is 0. The van der Waals surface area contributed by atoms with Gasteiger partial charge in [0.1, 0.15) is 24.0 Å². The minimum Gasteiger partial charge on any atom is -0.545 e. The van der Waals surface area contributed by atoms with Crippen molar-refractivity contribution >= 4 is 28.9 Å². The fourth-order valence-corrected chi connectivity index (χ4v) is 4.61. The molecular weight excluding hydrogens is 477 g/mol. The van der Waals surface area contributed by atoms with Crippen molar-refractivity contribution in [1.29, 1.82) is 0 Å². The number of ether oxygens (including phenoxy) is 1. The van der Waals surface area contributed by atoms with Crippen LogP contribution in [0.5, 0.6) is 5.75 Å². The maximum atomic E-state index is 14.0. The van der Waals surface area contributed by atoms with Crippen molar-refractivity contribution in [3.05, 3.63) is 99.4 Å². The van der Waals surface area contributed by atoms with Crippen LogP contribution >= 0.6 is 22.9 Å². The Labute approximate surface area is 220 Å². The van der Waals surface area contributed by atoms with Crippen molar-refractivity contribution in [2.24, 2.45) is 0 Å². The first-order valence-corrected chi connectivity index (χ1v) is 10.9. The summed E-state index contributed by atoms with van der Waals surface area (Å²) in [6, 6.07) is 15.4. The first-order chi connectivity index (χ1) is 15.3. The average Bonchev–Trinajstić information content (AvgIpc) is 3.23. The minimum atomic E-state index is -1.24. The molecule has 0 fully saturated rings. The Morgan fingerprint density at radius 2 is 1.73 bits per heavy atom. The molecule has 0 bridgehead atoms. The maximum Gasteiger partial charge on any atom is 1.00 e. The molecule has 0 saturated heterocycles. The van der Waals surface area contributed by atoms with Crippen molar-refractivity contribution in [3.8, 4) is 27.3 Å². The third kappa shape index (κ3) is 5.48. The van der Waals surface area contributed by atoms with Crippen molar-refractivity contribution in [3.63, 3.8) is 0 Å². The van der Waals surface area contributed by atoms with Crippen LogP contribution in [-0.4, -0.2) is 5.97 Å². The second-order valence-electron chi connectivity index (χ2n) is 7.11. The third-order valence-electron chi connectivity index (χ3n) is 5.04. The molecule has 0 aliphatic heterocycles. The number of hydrogen-bond donors (Lipinski definition) is 0. The van der Waals surface area contributed by atoms with Crippen LogP contribution in [-0.2, 0) is 6.61 Å². The van der Waals surface area contributed by atoms with E-state index in [2.05, 4.69) is 0 Å². The molecule has 0 aliphatic carbocycles. The van der Waals surface area contributed by atoms with Crippen LogP contribution in [0.15, 0.2) is 66.0 Å². The number of carboxylic acid groups (broad SMARTS) is 1. The number of aryl methyl sites for hydroxylation is 1. The first kappa shape index (κ1) is 25.4. The summed E-state index contributed by atoms with van der Waals surface area (Å²) >= 11 is 7.72. The van der Waals surface area contributed by atoms with Crippen LogP contribution in [0.2, 0.25) is 5.02 Å². The van der Waals surface area contributed by atoms with Crippen LogP contribution in [0, 0.1) is 18.6 Å². The molecule has 3 nitrogen and oxygen atoms in total. The molecule has 33 heavy (non-hydrogen) atoms. The second kappa shape index (κ2) is 10.8. The molecule has 3 aromatic carbocycles. The number of aromatic carboxylic acids is 1. The Hall–Kier alpha value is -2.22. The van der Waals surface area contributed by atoms with E-state index in [1.165, 1.54) is 35.6 Å². The van der Waals surface area contributed by atoms with Gasteiger partial charge in [0.2, 0.25) is 0 Å². The van der Waals surface area contributed by atoms with Crippen LogP contribution in [0.1, 0.15) is 21.5 Å². The van der Waals surface area contributed by atoms with Crippen molar-refractivity contribution in [1.82, 2.24) is 0 Å². The number of carbonyl (C=O) groups is 1. The molecule has 8 heteroatoms. The van der Waals surface area contributed by atoms with Gasteiger partial charge in [-0.3, -0.25) is 0 Å². The number of thiophene rings is 1. The van der Waals surface area contributed by atoms with E-state index in [0.717, 1.165) is 21.6 Å². The Morgan fingerprint density at radius 3 is 2.39 bits per heavy atom. The van der Waals surface area contributed by atoms with Crippen LogP contribution < -0.4 is 39.4 Å². The Balaban J connectivity index is 0.00000306. The monoisotopic (exact) mass is 492 g/mol. The second-order valence-corrected chi connectivity index (χ2v) is 8.46. The molecule has 0 N–H and O–H groups in total. The van der Waals surface area contributed by atoms with E-state index in [1.807, 2.05) is 18.4 Å². The number of carboxylic acids is 1. The largest absolute Gasteiger partial charge is 1.00 e.